The van der Waals surface area contributed by atoms with Crippen molar-refractivity contribution in [3.8, 4) is 0 Å². The van der Waals surface area contributed by atoms with Crippen LogP contribution in [0.5, 0.6) is 0 Å². The maximum Gasteiger partial charge on any atom is 0.311 e. The van der Waals surface area contributed by atoms with E-state index in [-0.39, 0.29) is 11.4 Å². The molecule has 0 radical (unpaired) electrons. The lowest BCUT2D eigenvalue weighted by molar-refractivity contribution is -0.147. The van der Waals surface area contributed by atoms with Crippen LogP contribution in [0.2, 0.25) is 0 Å². The van der Waals surface area contributed by atoms with Gasteiger partial charge in [-0.1, -0.05) is 19.3 Å². The first-order chi connectivity index (χ1) is 9.41. The molecule has 2 fully saturated rings. The van der Waals surface area contributed by atoms with Gasteiger partial charge in [0.1, 0.15) is 0 Å². The summed E-state index contributed by atoms with van der Waals surface area (Å²) in [5.41, 5.74) is -0.841. The second-order valence-electron chi connectivity index (χ2n) is 6.70. The summed E-state index contributed by atoms with van der Waals surface area (Å²) in [6.07, 6.45) is 6.72. The highest BCUT2D eigenvalue weighted by molar-refractivity contribution is 5.81. The number of carboxylic acid groups (broad SMARTS) is 1. The Morgan fingerprint density at radius 1 is 1.20 bits per heavy atom. The minimum Gasteiger partial charge on any atom is -0.481 e. The van der Waals surface area contributed by atoms with Gasteiger partial charge >= 0.3 is 5.97 Å². The van der Waals surface area contributed by atoms with Crippen LogP contribution in [-0.2, 0) is 9.59 Å². The molecular weight excluding hydrogens is 256 g/mol. The summed E-state index contributed by atoms with van der Waals surface area (Å²) in [4.78, 5) is 25.5. The number of carbonyl (C=O) groups is 2. The zero-order valence-electron chi connectivity index (χ0n) is 12.6. The van der Waals surface area contributed by atoms with Crippen LogP contribution in [0.1, 0.15) is 51.9 Å². The number of nitrogens with zero attached hydrogens (tertiary/aromatic N) is 1. The van der Waals surface area contributed by atoms with Crippen LogP contribution in [0.4, 0.5) is 0 Å². The van der Waals surface area contributed by atoms with Crippen LogP contribution in [0.3, 0.4) is 0 Å². The Labute approximate surface area is 120 Å². The molecule has 0 aromatic heterocycles. The Kier molecular flexibility index (Phi) is 4.37. The predicted molar refractivity (Wildman–Crippen MR) is 76.4 cm³/mol. The topological polar surface area (TPSA) is 69.6 Å². The fourth-order valence-electron chi connectivity index (χ4n) is 3.49. The molecular formula is C15H26N2O3. The fraction of sp³-hybridized carbons (Fsp3) is 0.867. The number of nitrogens with one attached hydrogen (secondary N) is 1. The quantitative estimate of drug-likeness (QED) is 0.822. The summed E-state index contributed by atoms with van der Waals surface area (Å²) in [5.74, 6) is -0.694. The summed E-state index contributed by atoms with van der Waals surface area (Å²) < 4.78 is 0. The number of likely N-dealkylation sites (tertiary alicyclic amines) is 1. The van der Waals surface area contributed by atoms with Crippen LogP contribution in [-0.4, -0.2) is 47.6 Å². The summed E-state index contributed by atoms with van der Waals surface area (Å²) in [5, 5.41) is 12.6. The highest BCUT2D eigenvalue weighted by atomic mass is 16.4. The van der Waals surface area contributed by atoms with Gasteiger partial charge in [-0.05, 0) is 33.2 Å². The fourth-order valence-corrected chi connectivity index (χ4v) is 3.49. The molecule has 2 aliphatic rings. The molecule has 1 heterocycles. The Morgan fingerprint density at radius 2 is 1.85 bits per heavy atom. The monoisotopic (exact) mass is 282 g/mol. The van der Waals surface area contributed by atoms with Crippen molar-refractivity contribution in [3.05, 3.63) is 0 Å². The summed E-state index contributed by atoms with van der Waals surface area (Å²) in [6, 6.07) is 0. The standard InChI is InChI=1S/C15H26N2O3/c1-14(13(19)20)8-9-17(11-14)12(18)10-15(16-2)6-4-3-5-7-15/h16H,3-11H2,1-2H3,(H,19,20). The SMILES string of the molecule is CNC1(CC(=O)N2CCC(C)(C(=O)O)C2)CCCCC1. The minimum atomic E-state index is -0.797. The van der Waals surface area contributed by atoms with E-state index in [1.807, 2.05) is 7.05 Å². The zero-order chi connectivity index (χ0) is 14.8. The van der Waals surface area contributed by atoms with Crippen LogP contribution in [0.25, 0.3) is 0 Å². The number of hydrogen-bond donors (Lipinski definition) is 2. The largest absolute Gasteiger partial charge is 0.481 e. The van der Waals surface area contributed by atoms with Crippen LogP contribution < -0.4 is 5.32 Å². The van der Waals surface area contributed by atoms with Crippen molar-refractivity contribution in [1.82, 2.24) is 10.2 Å². The average molecular weight is 282 g/mol. The average Bonchev–Trinajstić information content (AvgIpc) is 2.84. The molecule has 1 unspecified atom stereocenters. The van der Waals surface area contributed by atoms with Gasteiger partial charge in [0.15, 0.2) is 0 Å². The molecule has 1 aliphatic heterocycles. The molecule has 0 bridgehead atoms. The lowest BCUT2D eigenvalue weighted by atomic mass is 9.79. The maximum atomic E-state index is 12.5. The predicted octanol–water partition coefficient (Wildman–Crippen LogP) is 1.62. The van der Waals surface area contributed by atoms with E-state index in [0.717, 1.165) is 12.8 Å². The number of amides is 1. The van der Waals surface area contributed by atoms with Gasteiger partial charge in [0.2, 0.25) is 5.91 Å². The van der Waals surface area contributed by atoms with Crippen molar-refractivity contribution in [2.75, 3.05) is 20.1 Å². The molecule has 0 aromatic rings. The number of carbonyl (C=O) groups excluding carboxylic acids is 1. The molecule has 5 nitrogen and oxygen atoms in total. The second-order valence-corrected chi connectivity index (χ2v) is 6.70. The molecule has 20 heavy (non-hydrogen) atoms. The van der Waals surface area contributed by atoms with Gasteiger partial charge in [-0.15, -0.1) is 0 Å². The highest BCUT2D eigenvalue weighted by Crippen LogP contribution is 2.34. The van der Waals surface area contributed by atoms with E-state index in [9.17, 15) is 14.7 Å². The van der Waals surface area contributed by atoms with Gasteiger partial charge in [-0.2, -0.15) is 0 Å². The first-order valence-corrected chi connectivity index (χ1v) is 7.61. The van der Waals surface area contributed by atoms with Crippen molar-refractivity contribution in [2.24, 2.45) is 5.41 Å². The number of rotatable bonds is 4. The summed E-state index contributed by atoms with van der Waals surface area (Å²) >= 11 is 0. The van der Waals surface area contributed by atoms with Gasteiger partial charge in [-0.3, -0.25) is 9.59 Å². The number of aliphatic carboxylic acids is 1. The van der Waals surface area contributed by atoms with Gasteiger partial charge in [0.05, 0.1) is 5.41 Å². The van der Waals surface area contributed by atoms with Crippen molar-refractivity contribution in [1.29, 1.82) is 0 Å². The van der Waals surface area contributed by atoms with E-state index < -0.39 is 11.4 Å². The van der Waals surface area contributed by atoms with E-state index in [1.54, 1.807) is 11.8 Å². The van der Waals surface area contributed by atoms with Crippen molar-refractivity contribution < 1.29 is 14.7 Å². The van der Waals surface area contributed by atoms with Gasteiger partial charge < -0.3 is 15.3 Å². The molecule has 0 aromatic carbocycles. The Bertz CT molecular complexity index is 391. The second kappa shape index (κ2) is 5.72. The highest BCUT2D eigenvalue weighted by Gasteiger charge is 2.43. The van der Waals surface area contributed by atoms with Crippen LogP contribution in [0.15, 0.2) is 0 Å². The normalized spacial score (nSPS) is 29.4. The molecule has 1 aliphatic carbocycles. The molecule has 1 atom stereocenters. The molecule has 1 saturated carbocycles. The molecule has 114 valence electrons. The van der Waals surface area contributed by atoms with Crippen molar-refractivity contribution in [2.45, 2.75) is 57.4 Å². The molecule has 5 heteroatoms. The smallest absolute Gasteiger partial charge is 0.311 e. The Balaban J connectivity index is 1.97. The van der Waals surface area contributed by atoms with E-state index in [0.29, 0.717) is 25.9 Å². The molecule has 2 rings (SSSR count). The molecule has 2 N–H and O–H groups in total. The van der Waals surface area contributed by atoms with Crippen LogP contribution in [0, 0.1) is 5.41 Å². The van der Waals surface area contributed by atoms with Crippen molar-refractivity contribution in [3.63, 3.8) is 0 Å². The molecule has 0 spiro atoms. The number of carboxylic acids is 1. The zero-order valence-corrected chi connectivity index (χ0v) is 12.6. The van der Waals surface area contributed by atoms with E-state index in [2.05, 4.69) is 5.32 Å². The number of hydrogen-bond acceptors (Lipinski definition) is 3. The van der Waals surface area contributed by atoms with Crippen molar-refractivity contribution >= 4 is 11.9 Å². The van der Waals surface area contributed by atoms with Gasteiger partial charge in [0, 0.05) is 25.0 Å². The minimum absolute atomic E-state index is 0.0719. The first-order valence-electron chi connectivity index (χ1n) is 7.61. The third kappa shape index (κ3) is 2.97. The Hall–Kier alpha value is -1.10. The summed E-state index contributed by atoms with van der Waals surface area (Å²) in [6.45, 7) is 2.65. The van der Waals surface area contributed by atoms with Gasteiger partial charge in [-0.25, -0.2) is 0 Å². The first kappa shape index (κ1) is 15.3. The Morgan fingerprint density at radius 3 is 2.35 bits per heavy atom. The molecule has 1 amide bonds. The van der Waals surface area contributed by atoms with E-state index >= 15 is 0 Å². The third-order valence-electron chi connectivity index (χ3n) is 5.17. The van der Waals surface area contributed by atoms with Gasteiger partial charge in [0.25, 0.3) is 0 Å². The molecule has 1 saturated heterocycles. The lowest BCUT2D eigenvalue weighted by Gasteiger charge is -2.37. The van der Waals surface area contributed by atoms with E-state index in [4.69, 9.17) is 0 Å². The summed E-state index contributed by atoms with van der Waals surface area (Å²) in [7, 11) is 1.93. The lowest BCUT2D eigenvalue weighted by Crippen LogP contribution is -2.49. The third-order valence-corrected chi connectivity index (χ3v) is 5.17. The van der Waals surface area contributed by atoms with Crippen LogP contribution >= 0.6 is 0 Å². The maximum absolute atomic E-state index is 12.5. The van der Waals surface area contributed by atoms with E-state index in [1.165, 1.54) is 19.3 Å².